The van der Waals surface area contributed by atoms with E-state index in [0.29, 0.717) is 29.8 Å². The van der Waals surface area contributed by atoms with Crippen molar-refractivity contribution in [2.24, 2.45) is 5.92 Å². The predicted octanol–water partition coefficient (Wildman–Crippen LogP) is 9.22. The summed E-state index contributed by atoms with van der Waals surface area (Å²) in [4.78, 5) is 42.2. The molecule has 55 heavy (non-hydrogen) atoms. The molecule has 0 bridgehead atoms. The van der Waals surface area contributed by atoms with Gasteiger partial charge in [0.25, 0.3) is 5.56 Å². The van der Waals surface area contributed by atoms with Crippen LogP contribution in [0.1, 0.15) is 110 Å². The number of amides is 1. The normalized spacial score (nSPS) is 14.7. The molecule has 0 radical (unpaired) electrons. The molecular formula is C40H47F8N3O4. The second kappa shape index (κ2) is 17.3. The zero-order valence-electron chi connectivity index (χ0n) is 31.9. The lowest BCUT2D eigenvalue weighted by Crippen LogP contribution is -2.41. The Labute approximate surface area is 315 Å². The molecule has 0 spiro atoms. The average Bonchev–Trinajstić information content (AvgIpc) is 3.89. The van der Waals surface area contributed by atoms with E-state index in [0.717, 1.165) is 29.2 Å². The maximum absolute atomic E-state index is 16.9. The first kappa shape index (κ1) is 43.5. The molecule has 15 heteroatoms. The summed E-state index contributed by atoms with van der Waals surface area (Å²) in [5, 5.41) is 2.30. The van der Waals surface area contributed by atoms with E-state index in [1.54, 1.807) is 58.8 Å². The van der Waals surface area contributed by atoms with Crippen LogP contribution in [0.25, 0.3) is 11.1 Å². The molecule has 1 N–H and O–H groups in total. The Morgan fingerprint density at radius 2 is 1.55 bits per heavy atom. The van der Waals surface area contributed by atoms with Gasteiger partial charge in [0.2, 0.25) is 5.91 Å². The number of benzene rings is 2. The van der Waals surface area contributed by atoms with Crippen LogP contribution in [0.4, 0.5) is 35.1 Å². The van der Waals surface area contributed by atoms with Crippen molar-refractivity contribution in [1.82, 2.24) is 14.8 Å². The standard InChI is InChI=1S/C40H47F8N3O4/c1-8-55-33(53)19-30(35-36(41)27(17-29(37(35)42)40(46,47)48)34-22(4)15-26(16-23(34)5)24-11-12-24)49-38(54)31(14-21(2)3)51-20-25(10-9-13-50(6)7)28(18-32(51)52)39(43,44)45/h15-18,20-21,24,30-31H,8-14,19H2,1-7H3,(H,49,54). The molecule has 4 rings (SSSR count). The molecule has 1 fully saturated rings. The van der Waals surface area contributed by atoms with Crippen LogP contribution < -0.4 is 10.9 Å². The third-order valence-corrected chi connectivity index (χ3v) is 9.61. The molecule has 1 aliphatic carbocycles. The zero-order chi connectivity index (χ0) is 41.2. The molecule has 1 amide bonds. The number of alkyl halides is 6. The number of esters is 1. The number of rotatable bonds is 15. The Morgan fingerprint density at radius 3 is 2.05 bits per heavy atom. The number of aryl methyl sites for hydroxylation is 3. The van der Waals surface area contributed by atoms with Crippen LogP contribution in [0.15, 0.2) is 35.3 Å². The molecule has 0 aliphatic heterocycles. The highest BCUT2D eigenvalue weighted by molar-refractivity contribution is 5.82. The Hall–Kier alpha value is -4.27. The maximum atomic E-state index is 16.9. The lowest BCUT2D eigenvalue weighted by atomic mass is 9.87. The summed E-state index contributed by atoms with van der Waals surface area (Å²) in [5.41, 5.74) is -4.52. The zero-order valence-corrected chi connectivity index (χ0v) is 31.9. The summed E-state index contributed by atoms with van der Waals surface area (Å²) in [7, 11) is 3.46. The number of carbonyl (C=O) groups excluding carboxylic acids is 2. The summed E-state index contributed by atoms with van der Waals surface area (Å²) < 4.78 is 125. The number of hydrogen-bond donors (Lipinski definition) is 1. The minimum absolute atomic E-state index is 0.0747. The van der Waals surface area contributed by atoms with Gasteiger partial charge in [0.05, 0.1) is 30.2 Å². The van der Waals surface area contributed by atoms with E-state index in [9.17, 15) is 40.7 Å². The van der Waals surface area contributed by atoms with Crippen LogP contribution in [-0.4, -0.2) is 48.6 Å². The van der Waals surface area contributed by atoms with Gasteiger partial charge in [-0.3, -0.25) is 14.4 Å². The van der Waals surface area contributed by atoms with Gasteiger partial charge in [-0.2, -0.15) is 26.3 Å². The highest BCUT2D eigenvalue weighted by Gasteiger charge is 2.41. The van der Waals surface area contributed by atoms with Crippen LogP contribution in [0.2, 0.25) is 0 Å². The first-order valence-corrected chi connectivity index (χ1v) is 18.2. The van der Waals surface area contributed by atoms with Crippen molar-refractivity contribution in [3.05, 3.63) is 91.4 Å². The lowest BCUT2D eigenvalue weighted by Gasteiger charge is -2.28. The van der Waals surface area contributed by atoms with E-state index in [1.165, 1.54) is 6.92 Å². The third kappa shape index (κ3) is 10.5. The summed E-state index contributed by atoms with van der Waals surface area (Å²) in [6.07, 6.45) is -8.53. The van der Waals surface area contributed by atoms with Gasteiger partial charge in [0.1, 0.15) is 17.7 Å². The Balaban J connectivity index is 1.91. The van der Waals surface area contributed by atoms with Gasteiger partial charge in [-0.05, 0) is 119 Å². The number of carbonyl (C=O) groups is 2. The Kier molecular flexibility index (Phi) is 13.6. The maximum Gasteiger partial charge on any atom is 0.419 e. The number of nitrogens with zero attached hydrogens (tertiary/aromatic N) is 2. The topological polar surface area (TPSA) is 80.6 Å². The predicted molar refractivity (Wildman–Crippen MR) is 191 cm³/mol. The van der Waals surface area contributed by atoms with Crippen molar-refractivity contribution in [3.8, 4) is 11.1 Å². The number of nitrogens with one attached hydrogen (secondary N) is 1. The number of ether oxygens (including phenoxy) is 1. The number of aromatic nitrogens is 1. The SMILES string of the molecule is CCOC(=O)CC(NC(=O)C(CC(C)C)n1cc(CCCN(C)C)c(C(F)(F)F)cc1=O)c1c(F)c(-c2c(C)cc(C3CC3)cc2C)cc(C(F)(F)F)c1F. The van der Waals surface area contributed by atoms with Crippen LogP contribution in [0.3, 0.4) is 0 Å². The Bertz CT molecular complexity index is 1930. The van der Waals surface area contributed by atoms with E-state index < -0.39 is 82.2 Å². The quantitative estimate of drug-likeness (QED) is 0.123. The monoisotopic (exact) mass is 785 g/mol. The van der Waals surface area contributed by atoms with Crippen molar-refractivity contribution < 1.29 is 49.4 Å². The second-order valence-corrected chi connectivity index (χ2v) is 14.9. The van der Waals surface area contributed by atoms with Crippen molar-refractivity contribution in [3.63, 3.8) is 0 Å². The van der Waals surface area contributed by atoms with Gasteiger partial charge in [0.15, 0.2) is 0 Å². The molecule has 2 aromatic carbocycles. The van der Waals surface area contributed by atoms with Gasteiger partial charge in [0, 0.05) is 23.4 Å². The molecule has 302 valence electrons. The molecule has 3 aromatic rings. The largest absolute Gasteiger partial charge is 0.466 e. The van der Waals surface area contributed by atoms with Gasteiger partial charge in [-0.1, -0.05) is 26.0 Å². The fourth-order valence-corrected chi connectivity index (χ4v) is 6.98. The highest BCUT2D eigenvalue weighted by atomic mass is 19.4. The van der Waals surface area contributed by atoms with Gasteiger partial charge < -0.3 is 19.5 Å². The molecule has 7 nitrogen and oxygen atoms in total. The molecular weight excluding hydrogens is 738 g/mol. The fourth-order valence-electron chi connectivity index (χ4n) is 6.98. The summed E-state index contributed by atoms with van der Waals surface area (Å²) in [6, 6.07) is 0.520. The van der Waals surface area contributed by atoms with E-state index in [4.69, 9.17) is 4.74 Å². The highest BCUT2D eigenvalue weighted by Crippen LogP contribution is 2.45. The van der Waals surface area contributed by atoms with Crippen molar-refractivity contribution in [2.45, 2.75) is 103 Å². The second-order valence-electron chi connectivity index (χ2n) is 14.9. The number of hydrogen-bond acceptors (Lipinski definition) is 5. The molecule has 2 unspecified atom stereocenters. The van der Waals surface area contributed by atoms with Gasteiger partial charge in [-0.25, -0.2) is 8.78 Å². The summed E-state index contributed by atoms with van der Waals surface area (Å²) >= 11 is 0. The average molecular weight is 786 g/mol. The fraction of sp³-hybridized carbons (Fsp3) is 0.525. The van der Waals surface area contributed by atoms with E-state index in [2.05, 4.69) is 5.32 Å². The third-order valence-electron chi connectivity index (χ3n) is 9.61. The smallest absolute Gasteiger partial charge is 0.419 e. The van der Waals surface area contributed by atoms with Gasteiger partial charge in [-0.15, -0.1) is 0 Å². The summed E-state index contributed by atoms with van der Waals surface area (Å²) in [5.74, 6) is -5.92. The summed E-state index contributed by atoms with van der Waals surface area (Å²) in [6.45, 7) is 8.11. The molecule has 1 aliphatic rings. The number of halogens is 8. The van der Waals surface area contributed by atoms with Crippen molar-refractivity contribution in [1.29, 1.82) is 0 Å². The lowest BCUT2D eigenvalue weighted by molar-refractivity contribution is -0.144. The van der Waals surface area contributed by atoms with E-state index in [-0.39, 0.29) is 48.8 Å². The van der Waals surface area contributed by atoms with E-state index >= 15 is 8.78 Å². The van der Waals surface area contributed by atoms with Crippen LogP contribution in [-0.2, 0) is 33.1 Å². The van der Waals surface area contributed by atoms with Crippen LogP contribution >= 0.6 is 0 Å². The van der Waals surface area contributed by atoms with Crippen molar-refractivity contribution in [2.75, 3.05) is 27.2 Å². The molecule has 1 aromatic heterocycles. The first-order chi connectivity index (χ1) is 25.5. The minimum atomic E-state index is -5.34. The number of pyridine rings is 1. The van der Waals surface area contributed by atoms with Crippen LogP contribution in [0, 0.1) is 31.4 Å². The van der Waals surface area contributed by atoms with E-state index in [1.807, 2.05) is 0 Å². The van der Waals surface area contributed by atoms with Gasteiger partial charge >= 0.3 is 18.3 Å². The molecule has 2 atom stereocenters. The first-order valence-electron chi connectivity index (χ1n) is 18.2. The minimum Gasteiger partial charge on any atom is -0.466 e. The molecule has 1 saturated carbocycles. The molecule has 1 heterocycles. The van der Waals surface area contributed by atoms with Crippen LogP contribution in [0.5, 0.6) is 0 Å². The van der Waals surface area contributed by atoms with Crippen molar-refractivity contribution >= 4 is 11.9 Å². The molecule has 0 saturated heterocycles. The Morgan fingerprint density at radius 1 is 0.945 bits per heavy atom.